The second-order valence-corrected chi connectivity index (χ2v) is 9.59. The van der Waals surface area contributed by atoms with E-state index in [4.69, 9.17) is 0 Å². The first-order valence-corrected chi connectivity index (χ1v) is 11.2. The van der Waals surface area contributed by atoms with E-state index in [1.807, 2.05) is 0 Å². The minimum atomic E-state index is -5.42. The van der Waals surface area contributed by atoms with E-state index in [0.29, 0.717) is 12.3 Å². The molecular formula is C18H11F9N6O2S. The minimum absolute atomic E-state index is 0.110. The summed E-state index contributed by atoms with van der Waals surface area (Å²) in [7, 11) is -3.38. The fourth-order valence-corrected chi connectivity index (χ4v) is 4.32. The van der Waals surface area contributed by atoms with Crippen LogP contribution in [0.15, 0.2) is 23.4 Å². The molecule has 18 heteroatoms. The topological polar surface area (TPSA) is 95.0 Å². The second kappa shape index (κ2) is 7.78. The lowest BCUT2D eigenvalue weighted by atomic mass is 10.2. The Balaban J connectivity index is 2.19. The van der Waals surface area contributed by atoms with Gasteiger partial charge in [-0.3, -0.25) is 0 Å². The molecule has 0 spiro atoms. The molecule has 4 aromatic heterocycles. The van der Waals surface area contributed by atoms with Crippen molar-refractivity contribution < 1.29 is 47.9 Å². The summed E-state index contributed by atoms with van der Waals surface area (Å²) in [6.45, 7) is 1.11. The molecule has 0 unspecified atom stereocenters. The number of halogens is 9. The maximum atomic E-state index is 13.7. The van der Waals surface area contributed by atoms with E-state index in [9.17, 15) is 47.9 Å². The van der Waals surface area contributed by atoms with E-state index in [0.717, 1.165) is 18.5 Å². The number of aromatic nitrogens is 6. The number of nitrogens with zero attached hydrogens (tertiary/aromatic N) is 6. The highest BCUT2D eigenvalue weighted by Gasteiger charge is 2.42. The summed E-state index contributed by atoms with van der Waals surface area (Å²) in [6.07, 6.45) is -15.2. The summed E-state index contributed by atoms with van der Waals surface area (Å²) in [4.78, 5) is 10.6. The van der Waals surface area contributed by atoms with Crippen LogP contribution in [0, 0.1) is 0 Å². The van der Waals surface area contributed by atoms with E-state index >= 15 is 0 Å². The maximum absolute atomic E-state index is 13.7. The van der Waals surface area contributed by atoms with Gasteiger partial charge in [-0.25, -0.2) is 27.9 Å². The van der Waals surface area contributed by atoms with Crippen LogP contribution in [-0.2, 0) is 35.4 Å². The number of sulfone groups is 1. The zero-order valence-electron chi connectivity index (χ0n) is 17.7. The van der Waals surface area contributed by atoms with Gasteiger partial charge >= 0.3 is 18.5 Å². The number of hydrogen-bond acceptors (Lipinski definition) is 6. The van der Waals surface area contributed by atoms with Gasteiger partial charge in [0.2, 0.25) is 0 Å². The first-order valence-electron chi connectivity index (χ1n) is 9.57. The van der Waals surface area contributed by atoms with E-state index in [2.05, 4.69) is 20.1 Å². The van der Waals surface area contributed by atoms with Gasteiger partial charge in [0.15, 0.2) is 31.9 Å². The largest absolute Gasteiger partial charge is 0.433 e. The van der Waals surface area contributed by atoms with Crippen molar-refractivity contribution in [2.75, 3.05) is 5.75 Å². The van der Waals surface area contributed by atoms with Crippen LogP contribution < -0.4 is 0 Å². The number of aryl methyl sites for hydroxylation is 1. The van der Waals surface area contributed by atoms with Crippen LogP contribution in [-0.4, -0.2) is 43.3 Å². The predicted octanol–water partition coefficient (Wildman–Crippen LogP) is 4.53. The average Bonchev–Trinajstić information content (AvgIpc) is 3.28. The molecule has 8 nitrogen and oxygen atoms in total. The molecule has 0 aliphatic heterocycles. The van der Waals surface area contributed by atoms with Crippen LogP contribution in [0.25, 0.3) is 28.2 Å². The van der Waals surface area contributed by atoms with Gasteiger partial charge in [0.1, 0.15) is 22.6 Å². The van der Waals surface area contributed by atoms with Crippen LogP contribution in [0.2, 0.25) is 0 Å². The standard InChI is InChI=1S/C18H11F9N6O2S/c1-3-36(34,35)15-11(13-29-8-4-7(16(19,20)21)6-28-12(8)32(13)2)14-30-9(17(22,23)24)5-10(18(25,26)27)33(14)31-15/h4-6H,3H2,1-2H3. The summed E-state index contributed by atoms with van der Waals surface area (Å²) in [5.41, 5.74) is -7.96. The Morgan fingerprint density at radius 1 is 0.889 bits per heavy atom. The lowest BCUT2D eigenvalue weighted by Crippen LogP contribution is -2.18. The third kappa shape index (κ3) is 4.11. The molecule has 0 atom stereocenters. The maximum Gasteiger partial charge on any atom is 0.433 e. The summed E-state index contributed by atoms with van der Waals surface area (Å²) < 4.78 is 147. The van der Waals surface area contributed by atoms with Gasteiger partial charge in [-0.2, -0.15) is 44.6 Å². The van der Waals surface area contributed by atoms with Crippen LogP contribution in [0.1, 0.15) is 23.9 Å². The van der Waals surface area contributed by atoms with Crippen LogP contribution in [0.5, 0.6) is 0 Å². The number of alkyl halides is 9. The minimum Gasteiger partial charge on any atom is -0.312 e. The van der Waals surface area contributed by atoms with Crippen molar-refractivity contribution in [1.29, 1.82) is 0 Å². The molecule has 4 heterocycles. The van der Waals surface area contributed by atoms with Crippen molar-refractivity contribution in [2.45, 2.75) is 30.5 Å². The van der Waals surface area contributed by atoms with Gasteiger partial charge in [-0.15, -0.1) is 0 Å². The molecule has 0 bridgehead atoms. The van der Waals surface area contributed by atoms with Gasteiger partial charge < -0.3 is 4.57 Å². The summed E-state index contributed by atoms with van der Waals surface area (Å²) in [6, 6.07) is 0.208. The van der Waals surface area contributed by atoms with Crippen LogP contribution in [0.3, 0.4) is 0 Å². The normalized spacial score (nSPS) is 13.8. The molecule has 0 fully saturated rings. The molecule has 0 radical (unpaired) electrons. The Morgan fingerprint density at radius 2 is 1.53 bits per heavy atom. The average molecular weight is 546 g/mol. The number of fused-ring (bicyclic) bond motifs is 2. The molecule has 36 heavy (non-hydrogen) atoms. The highest BCUT2D eigenvalue weighted by molar-refractivity contribution is 7.91. The van der Waals surface area contributed by atoms with Crippen molar-refractivity contribution in [2.24, 2.45) is 7.05 Å². The van der Waals surface area contributed by atoms with Crippen molar-refractivity contribution in [3.05, 3.63) is 35.3 Å². The third-order valence-electron chi connectivity index (χ3n) is 5.07. The Labute approximate surface area is 194 Å². The fourth-order valence-electron chi connectivity index (χ4n) is 3.35. The van der Waals surface area contributed by atoms with Crippen LogP contribution >= 0.6 is 0 Å². The third-order valence-corrected chi connectivity index (χ3v) is 6.71. The highest BCUT2D eigenvalue weighted by atomic mass is 32.2. The van der Waals surface area contributed by atoms with E-state index < -0.39 is 78.6 Å². The Morgan fingerprint density at radius 3 is 2.06 bits per heavy atom. The van der Waals surface area contributed by atoms with Gasteiger partial charge in [0, 0.05) is 13.2 Å². The quantitative estimate of drug-likeness (QED) is 0.351. The summed E-state index contributed by atoms with van der Waals surface area (Å²) >= 11 is 0. The molecule has 0 aromatic carbocycles. The van der Waals surface area contributed by atoms with Gasteiger partial charge in [-0.05, 0) is 12.1 Å². The molecule has 4 aromatic rings. The van der Waals surface area contributed by atoms with E-state index in [-0.39, 0.29) is 16.2 Å². The molecule has 0 saturated heterocycles. The zero-order chi connectivity index (χ0) is 27.0. The molecule has 0 aliphatic rings. The molecular weight excluding hydrogens is 535 g/mol. The molecule has 0 amide bonds. The van der Waals surface area contributed by atoms with E-state index in [1.165, 1.54) is 0 Å². The molecule has 0 aliphatic carbocycles. The van der Waals surface area contributed by atoms with Crippen molar-refractivity contribution in [3.63, 3.8) is 0 Å². The molecule has 4 rings (SSSR count). The van der Waals surface area contributed by atoms with Crippen LogP contribution in [0.4, 0.5) is 39.5 Å². The summed E-state index contributed by atoms with van der Waals surface area (Å²) in [5.74, 6) is -1.34. The monoisotopic (exact) mass is 546 g/mol. The lowest BCUT2D eigenvalue weighted by Gasteiger charge is -2.12. The second-order valence-electron chi connectivity index (χ2n) is 7.40. The predicted molar refractivity (Wildman–Crippen MR) is 103 cm³/mol. The number of hydrogen-bond donors (Lipinski definition) is 0. The Kier molecular flexibility index (Phi) is 5.54. The Bertz CT molecular complexity index is 1610. The molecule has 194 valence electrons. The molecule has 0 saturated carbocycles. The zero-order valence-corrected chi connectivity index (χ0v) is 18.6. The first-order chi connectivity index (χ1) is 16.4. The highest BCUT2D eigenvalue weighted by Crippen LogP contribution is 2.39. The number of imidazole rings is 1. The van der Waals surface area contributed by atoms with Gasteiger partial charge in [0.05, 0.1) is 11.3 Å². The number of rotatable bonds is 3. The van der Waals surface area contributed by atoms with Gasteiger partial charge in [0.25, 0.3) is 0 Å². The van der Waals surface area contributed by atoms with E-state index in [1.54, 1.807) is 0 Å². The van der Waals surface area contributed by atoms with Crippen molar-refractivity contribution >= 4 is 26.6 Å². The smallest absolute Gasteiger partial charge is 0.312 e. The van der Waals surface area contributed by atoms with Gasteiger partial charge in [-0.1, -0.05) is 6.92 Å². The summed E-state index contributed by atoms with van der Waals surface area (Å²) in [5, 5.41) is 2.33. The molecule has 0 N–H and O–H groups in total. The fraction of sp³-hybridized carbons (Fsp3) is 0.333. The Hall–Kier alpha value is -3.44. The SMILES string of the molecule is CCS(=O)(=O)c1nn2c(C(F)(F)F)cc(C(F)(F)F)nc2c1-c1nc2cc(C(F)(F)F)cnc2n1C. The number of pyridine rings is 1. The first kappa shape index (κ1) is 25.6. The van der Waals surface area contributed by atoms with Crippen molar-refractivity contribution in [3.8, 4) is 11.4 Å². The van der Waals surface area contributed by atoms with Crippen molar-refractivity contribution in [1.82, 2.24) is 29.1 Å². The lowest BCUT2D eigenvalue weighted by molar-refractivity contribution is -0.148.